The first-order chi connectivity index (χ1) is 18.8. The van der Waals surface area contributed by atoms with Crippen LogP contribution in [0.5, 0.6) is 0 Å². The van der Waals surface area contributed by atoms with Gasteiger partial charge in [-0.15, -0.1) is 0 Å². The van der Waals surface area contributed by atoms with Crippen molar-refractivity contribution < 1.29 is 26.4 Å². The van der Waals surface area contributed by atoms with E-state index in [4.69, 9.17) is 0 Å². The second-order valence-electron chi connectivity index (χ2n) is 10.1. The van der Waals surface area contributed by atoms with Crippen LogP contribution in [-0.2, 0) is 29.2 Å². The number of halogens is 3. The molecule has 1 aromatic heterocycles. The van der Waals surface area contributed by atoms with E-state index in [-0.39, 0.29) is 24.7 Å². The van der Waals surface area contributed by atoms with E-state index in [0.717, 1.165) is 29.6 Å². The number of benzene rings is 2. The summed E-state index contributed by atoms with van der Waals surface area (Å²) in [7, 11) is -2.20. The molecule has 12 heteroatoms. The number of rotatable bonds is 8. The first-order valence-corrected chi connectivity index (χ1v) is 14.7. The average molecular weight is 576 g/mol. The van der Waals surface area contributed by atoms with E-state index in [0.29, 0.717) is 41.4 Å². The van der Waals surface area contributed by atoms with Gasteiger partial charge in [-0.05, 0) is 48.1 Å². The van der Waals surface area contributed by atoms with Gasteiger partial charge in [0.25, 0.3) is 5.91 Å². The molecule has 0 spiro atoms. The maximum absolute atomic E-state index is 13.8. The van der Waals surface area contributed by atoms with Crippen LogP contribution >= 0.6 is 0 Å². The Kier molecular flexibility index (Phi) is 8.67. The number of alkyl halides is 3. The Bertz CT molecular complexity index is 1470. The Balaban J connectivity index is 1.56. The summed E-state index contributed by atoms with van der Waals surface area (Å²) in [5.74, 6) is 0.253. The molecule has 0 aliphatic carbocycles. The van der Waals surface area contributed by atoms with Gasteiger partial charge in [0, 0.05) is 44.9 Å². The van der Waals surface area contributed by atoms with Crippen molar-refractivity contribution in [1.29, 1.82) is 0 Å². The van der Waals surface area contributed by atoms with Crippen LogP contribution in [0.25, 0.3) is 0 Å². The zero-order chi connectivity index (χ0) is 29.1. The predicted molar refractivity (Wildman–Crippen MR) is 148 cm³/mol. The Morgan fingerprint density at radius 3 is 2.50 bits per heavy atom. The summed E-state index contributed by atoms with van der Waals surface area (Å²) in [6, 6.07) is 13.5. The summed E-state index contributed by atoms with van der Waals surface area (Å²) in [4.78, 5) is 23.0. The lowest BCUT2D eigenvalue weighted by Crippen LogP contribution is -2.37. The number of carbonyl (C=O) groups excluding carboxylic acids is 1. The van der Waals surface area contributed by atoms with Crippen LogP contribution in [0.15, 0.2) is 54.7 Å². The zero-order valence-electron chi connectivity index (χ0n) is 22.6. The number of nitrogens with one attached hydrogen (secondary N) is 1. The van der Waals surface area contributed by atoms with Gasteiger partial charge in [0.2, 0.25) is 10.0 Å². The number of nitrogens with zero attached hydrogens (tertiary/aromatic N) is 4. The Labute approximate surface area is 232 Å². The lowest BCUT2D eigenvalue weighted by Gasteiger charge is -2.30. The second kappa shape index (κ2) is 11.8. The maximum atomic E-state index is 13.8. The summed E-state index contributed by atoms with van der Waals surface area (Å²) < 4.78 is 66.5. The summed E-state index contributed by atoms with van der Waals surface area (Å²) >= 11 is 0. The fourth-order valence-corrected chi connectivity index (χ4v) is 5.10. The SMILES string of the molecule is CC1CCN(C(=O)c2cccc(Cc3ncc(C(F)(F)F)c(NCc4ccccc4N(C)S(C)(=O)=O)n3)c2)CC1. The van der Waals surface area contributed by atoms with Crippen LogP contribution < -0.4 is 9.62 Å². The van der Waals surface area contributed by atoms with Gasteiger partial charge >= 0.3 is 6.18 Å². The van der Waals surface area contributed by atoms with E-state index in [1.807, 2.05) is 4.90 Å². The predicted octanol–water partition coefficient (Wildman–Crippen LogP) is 4.97. The van der Waals surface area contributed by atoms with Gasteiger partial charge in [0.15, 0.2) is 0 Å². The lowest BCUT2D eigenvalue weighted by molar-refractivity contribution is -0.137. The fraction of sp³-hybridized carbons (Fsp3) is 0.393. The molecule has 3 aromatic rings. The number of anilines is 2. The molecule has 2 heterocycles. The van der Waals surface area contributed by atoms with Crippen molar-refractivity contribution in [3.8, 4) is 0 Å². The molecule has 0 radical (unpaired) electrons. The van der Waals surface area contributed by atoms with Gasteiger partial charge in [-0.25, -0.2) is 18.4 Å². The van der Waals surface area contributed by atoms with Crippen molar-refractivity contribution in [1.82, 2.24) is 14.9 Å². The quantitative estimate of drug-likeness (QED) is 0.408. The summed E-state index contributed by atoms with van der Waals surface area (Å²) in [6.07, 6.45) is -0.889. The highest BCUT2D eigenvalue weighted by molar-refractivity contribution is 7.92. The number of piperidine rings is 1. The molecular weight excluding hydrogens is 543 g/mol. The molecule has 8 nitrogen and oxygen atoms in total. The molecule has 40 heavy (non-hydrogen) atoms. The Hall–Kier alpha value is -3.67. The first kappa shape index (κ1) is 29.3. The third-order valence-electron chi connectivity index (χ3n) is 7.03. The summed E-state index contributed by atoms with van der Waals surface area (Å²) in [5, 5.41) is 2.73. The zero-order valence-corrected chi connectivity index (χ0v) is 23.4. The van der Waals surface area contributed by atoms with Crippen LogP contribution in [0.4, 0.5) is 24.7 Å². The number of sulfonamides is 1. The van der Waals surface area contributed by atoms with Gasteiger partial charge in [0.05, 0.1) is 11.9 Å². The summed E-state index contributed by atoms with van der Waals surface area (Å²) in [6.45, 7) is 3.46. The van der Waals surface area contributed by atoms with Gasteiger partial charge in [-0.3, -0.25) is 9.10 Å². The number of likely N-dealkylation sites (tertiary alicyclic amines) is 1. The monoisotopic (exact) mass is 575 g/mol. The Morgan fingerprint density at radius 2 is 1.82 bits per heavy atom. The molecule has 1 fully saturated rings. The third-order valence-corrected chi connectivity index (χ3v) is 8.22. The van der Waals surface area contributed by atoms with Gasteiger partial charge in [-0.2, -0.15) is 13.2 Å². The van der Waals surface area contributed by atoms with Crippen LogP contribution in [0.1, 0.15) is 52.6 Å². The first-order valence-electron chi connectivity index (χ1n) is 12.9. The normalized spacial score (nSPS) is 14.7. The van der Waals surface area contributed by atoms with Gasteiger partial charge in [0.1, 0.15) is 17.2 Å². The molecule has 214 valence electrons. The molecule has 1 N–H and O–H groups in total. The minimum Gasteiger partial charge on any atom is -0.365 e. The van der Waals surface area contributed by atoms with E-state index in [1.165, 1.54) is 7.05 Å². The number of aromatic nitrogens is 2. The second-order valence-corrected chi connectivity index (χ2v) is 12.1. The van der Waals surface area contributed by atoms with Crippen LogP contribution in [0, 0.1) is 5.92 Å². The molecule has 1 saturated heterocycles. The standard InChI is InChI=1S/C28H32F3N5O3S/c1-19-11-13-36(14-12-19)27(37)21-9-6-7-20(15-21)16-25-32-18-23(28(29,30)31)26(34-25)33-17-22-8-4-5-10-24(22)35(2)40(3,38)39/h4-10,15,18-19H,11-14,16-17H2,1-3H3,(H,32,33,34). The van der Waals surface area contributed by atoms with Crippen molar-refractivity contribution in [2.45, 2.75) is 38.9 Å². The molecule has 1 aliphatic rings. The minimum absolute atomic E-state index is 0.0674. The molecule has 0 bridgehead atoms. The molecular formula is C28H32F3N5O3S. The average Bonchev–Trinajstić information content (AvgIpc) is 2.91. The number of carbonyl (C=O) groups is 1. The van der Waals surface area contributed by atoms with Crippen molar-refractivity contribution in [3.05, 3.63) is 82.8 Å². The molecule has 0 atom stereocenters. The molecule has 4 rings (SSSR count). The Morgan fingerprint density at radius 1 is 1.12 bits per heavy atom. The van der Waals surface area contributed by atoms with Crippen molar-refractivity contribution >= 4 is 27.4 Å². The molecule has 2 aromatic carbocycles. The molecule has 1 aliphatic heterocycles. The third kappa shape index (κ3) is 7.09. The van der Waals surface area contributed by atoms with Crippen LogP contribution in [0.3, 0.4) is 0 Å². The van der Waals surface area contributed by atoms with Crippen LogP contribution in [0.2, 0.25) is 0 Å². The number of para-hydroxylation sites is 1. The maximum Gasteiger partial charge on any atom is 0.421 e. The lowest BCUT2D eigenvalue weighted by atomic mass is 9.98. The molecule has 1 amide bonds. The van der Waals surface area contributed by atoms with Crippen LogP contribution in [-0.4, -0.2) is 55.6 Å². The van der Waals surface area contributed by atoms with E-state index >= 15 is 0 Å². The largest absolute Gasteiger partial charge is 0.421 e. The van der Waals surface area contributed by atoms with E-state index in [9.17, 15) is 26.4 Å². The highest BCUT2D eigenvalue weighted by atomic mass is 32.2. The van der Waals surface area contributed by atoms with Crippen molar-refractivity contribution in [3.63, 3.8) is 0 Å². The highest BCUT2D eigenvalue weighted by Gasteiger charge is 2.35. The van der Waals surface area contributed by atoms with Gasteiger partial charge < -0.3 is 10.2 Å². The topological polar surface area (TPSA) is 95.5 Å². The van der Waals surface area contributed by atoms with E-state index in [2.05, 4.69) is 22.2 Å². The fourth-order valence-electron chi connectivity index (χ4n) is 4.56. The molecule has 0 unspecified atom stereocenters. The highest BCUT2D eigenvalue weighted by Crippen LogP contribution is 2.34. The van der Waals surface area contributed by atoms with Crippen molar-refractivity contribution in [2.24, 2.45) is 5.92 Å². The van der Waals surface area contributed by atoms with E-state index in [1.54, 1.807) is 48.5 Å². The minimum atomic E-state index is -4.71. The number of hydrogen-bond acceptors (Lipinski definition) is 6. The number of amides is 1. The number of hydrogen-bond donors (Lipinski definition) is 1. The van der Waals surface area contributed by atoms with Gasteiger partial charge in [-0.1, -0.05) is 37.3 Å². The van der Waals surface area contributed by atoms with Crippen molar-refractivity contribution in [2.75, 3.05) is 36.0 Å². The summed E-state index contributed by atoms with van der Waals surface area (Å²) in [5.41, 5.74) is 0.992. The molecule has 0 saturated carbocycles. The van der Waals surface area contributed by atoms with E-state index < -0.39 is 27.6 Å². The smallest absolute Gasteiger partial charge is 0.365 e.